The van der Waals surface area contributed by atoms with Crippen LogP contribution in [0.2, 0.25) is 0 Å². The smallest absolute Gasteiger partial charge is 0.119 e. The van der Waals surface area contributed by atoms with Crippen LogP contribution >= 0.6 is 0 Å². The van der Waals surface area contributed by atoms with Gasteiger partial charge in [0.2, 0.25) is 0 Å². The summed E-state index contributed by atoms with van der Waals surface area (Å²) in [5.41, 5.74) is 3.78. The van der Waals surface area contributed by atoms with Gasteiger partial charge < -0.3 is 9.47 Å². The molecule has 0 saturated carbocycles. The molecule has 1 aliphatic heterocycles. The maximum Gasteiger partial charge on any atom is 0.119 e. The first kappa shape index (κ1) is 19.0. The molecule has 0 spiro atoms. The summed E-state index contributed by atoms with van der Waals surface area (Å²) in [6.07, 6.45) is 8.06. The normalized spacial score (nSPS) is 20.1. The van der Waals surface area contributed by atoms with E-state index in [2.05, 4.69) is 43.3 Å². The van der Waals surface area contributed by atoms with E-state index in [9.17, 15) is 0 Å². The highest BCUT2D eigenvalue weighted by molar-refractivity contribution is 5.64. The van der Waals surface area contributed by atoms with Gasteiger partial charge >= 0.3 is 0 Å². The van der Waals surface area contributed by atoms with Gasteiger partial charge in [-0.15, -0.1) is 0 Å². The van der Waals surface area contributed by atoms with Crippen molar-refractivity contribution in [2.24, 2.45) is 5.92 Å². The van der Waals surface area contributed by atoms with Gasteiger partial charge in [-0.1, -0.05) is 62.6 Å². The predicted octanol–water partition coefficient (Wildman–Crippen LogP) is 6.80. The highest BCUT2D eigenvalue weighted by Gasteiger charge is 2.22. The molecule has 0 radical (unpaired) electrons. The molecule has 0 aromatic heterocycles. The molecule has 0 bridgehead atoms. The van der Waals surface area contributed by atoms with Gasteiger partial charge in [0.05, 0.1) is 19.3 Å². The van der Waals surface area contributed by atoms with Gasteiger partial charge in [0, 0.05) is 0 Å². The Morgan fingerprint density at radius 1 is 0.885 bits per heavy atom. The molecule has 26 heavy (non-hydrogen) atoms. The van der Waals surface area contributed by atoms with Gasteiger partial charge in [0.1, 0.15) is 5.75 Å². The molecule has 0 aliphatic carbocycles. The molecule has 0 N–H and O–H groups in total. The third kappa shape index (κ3) is 5.11. The van der Waals surface area contributed by atoms with E-state index in [1.54, 1.807) is 0 Å². The van der Waals surface area contributed by atoms with E-state index in [-0.39, 0.29) is 6.10 Å². The fraction of sp³-hybridized carbons (Fsp3) is 0.500. The van der Waals surface area contributed by atoms with Crippen LogP contribution in [0.1, 0.15) is 64.0 Å². The molecule has 1 saturated heterocycles. The average Bonchev–Trinajstić information content (AvgIpc) is 2.70. The third-order valence-corrected chi connectivity index (χ3v) is 5.37. The monoisotopic (exact) mass is 352 g/mol. The fourth-order valence-electron chi connectivity index (χ4n) is 3.78. The summed E-state index contributed by atoms with van der Waals surface area (Å²) in [5.74, 6) is 1.69. The minimum atomic E-state index is 0.270. The van der Waals surface area contributed by atoms with Crippen molar-refractivity contribution in [3.63, 3.8) is 0 Å². The van der Waals surface area contributed by atoms with E-state index in [0.717, 1.165) is 24.7 Å². The van der Waals surface area contributed by atoms with Crippen molar-refractivity contribution in [2.75, 3.05) is 13.2 Å². The van der Waals surface area contributed by atoms with Crippen LogP contribution in [0, 0.1) is 5.92 Å². The van der Waals surface area contributed by atoms with Crippen molar-refractivity contribution in [1.29, 1.82) is 0 Å². The van der Waals surface area contributed by atoms with Gasteiger partial charge in [0.15, 0.2) is 0 Å². The zero-order chi connectivity index (χ0) is 18.2. The summed E-state index contributed by atoms with van der Waals surface area (Å²) >= 11 is 0. The number of unbranched alkanes of at least 4 members (excludes halogenated alkanes) is 2. The molecule has 1 fully saturated rings. The maximum absolute atomic E-state index is 6.18. The van der Waals surface area contributed by atoms with Crippen LogP contribution in [0.5, 0.6) is 5.75 Å². The Bertz CT molecular complexity index is 637. The molecule has 2 aromatic rings. The molecule has 3 rings (SSSR count). The van der Waals surface area contributed by atoms with Gasteiger partial charge in [0.25, 0.3) is 0 Å². The summed E-state index contributed by atoms with van der Waals surface area (Å²) < 4.78 is 11.7. The Kier molecular flexibility index (Phi) is 7.13. The second-order valence-electron chi connectivity index (χ2n) is 7.34. The van der Waals surface area contributed by atoms with Crippen molar-refractivity contribution >= 4 is 0 Å². The molecule has 2 nitrogen and oxygen atoms in total. The van der Waals surface area contributed by atoms with Gasteiger partial charge in [-0.05, 0) is 60.9 Å². The van der Waals surface area contributed by atoms with Crippen LogP contribution in [-0.4, -0.2) is 13.2 Å². The predicted molar refractivity (Wildman–Crippen MR) is 109 cm³/mol. The standard InChI is InChI=1S/C24H32O2/c1-3-5-6-7-19-8-17-24(26-18-19)22-11-9-20(10-12-22)21-13-15-23(16-14-21)25-4-2/h9-16,19,24H,3-8,17-18H2,1-2H3. The zero-order valence-electron chi connectivity index (χ0n) is 16.2. The van der Waals surface area contributed by atoms with E-state index in [0.29, 0.717) is 6.61 Å². The number of rotatable bonds is 8. The Balaban J connectivity index is 1.55. The summed E-state index contributed by atoms with van der Waals surface area (Å²) in [7, 11) is 0. The summed E-state index contributed by atoms with van der Waals surface area (Å²) in [6.45, 7) is 5.90. The highest BCUT2D eigenvalue weighted by atomic mass is 16.5. The van der Waals surface area contributed by atoms with E-state index < -0.39 is 0 Å². The number of ether oxygens (including phenoxy) is 2. The van der Waals surface area contributed by atoms with Gasteiger partial charge in [-0.25, -0.2) is 0 Å². The second kappa shape index (κ2) is 9.78. The van der Waals surface area contributed by atoms with Crippen LogP contribution < -0.4 is 4.74 Å². The molecule has 2 atom stereocenters. The third-order valence-electron chi connectivity index (χ3n) is 5.37. The minimum Gasteiger partial charge on any atom is -0.494 e. The minimum absolute atomic E-state index is 0.270. The Morgan fingerprint density at radius 2 is 1.58 bits per heavy atom. The number of hydrogen-bond acceptors (Lipinski definition) is 2. The van der Waals surface area contributed by atoms with Crippen molar-refractivity contribution in [3.8, 4) is 16.9 Å². The molecular weight excluding hydrogens is 320 g/mol. The summed E-state index contributed by atoms with van der Waals surface area (Å²) in [6, 6.07) is 17.2. The van der Waals surface area contributed by atoms with E-state index >= 15 is 0 Å². The first-order valence-electron chi connectivity index (χ1n) is 10.2. The molecule has 2 aromatic carbocycles. The van der Waals surface area contributed by atoms with Gasteiger partial charge in [-0.3, -0.25) is 0 Å². The Labute approximate surface area is 158 Å². The second-order valence-corrected chi connectivity index (χ2v) is 7.34. The molecule has 1 heterocycles. The molecule has 2 unspecified atom stereocenters. The molecular formula is C24H32O2. The topological polar surface area (TPSA) is 18.5 Å². The van der Waals surface area contributed by atoms with Crippen LogP contribution in [0.3, 0.4) is 0 Å². The molecule has 1 aliphatic rings. The van der Waals surface area contributed by atoms with Crippen molar-refractivity contribution < 1.29 is 9.47 Å². The molecule has 0 amide bonds. The lowest BCUT2D eigenvalue weighted by atomic mass is 9.90. The number of hydrogen-bond donors (Lipinski definition) is 0. The van der Waals surface area contributed by atoms with Crippen LogP contribution in [-0.2, 0) is 4.74 Å². The molecule has 140 valence electrons. The first-order chi connectivity index (χ1) is 12.8. The quantitative estimate of drug-likeness (QED) is 0.486. The fourth-order valence-corrected chi connectivity index (χ4v) is 3.78. The van der Waals surface area contributed by atoms with Crippen molar-refractivity contribution in [1.82, 2.24) is 0 Å². The van der Waals surface area contributed by atoms with Gasteiger partial charge in [-0.2, -0.15) is 0 Å². The van der Waals surface area contributed by atoms with Crippen LogP contribution in [0.4, 0.5) is 0 Å². The van der Waals surface area contributed by atoms with Crippen LogP contribution in [0.25, 0.3) is 11.1 Å². The summed E-state index contributed by atoms with van der Waals surface area (Å²) in [5, 5.41) is 0. The zero-order valence-corrected chi connectivity index (χ0v) is 16.2. The van der Waals surface area contributed by atoms with E-state index in [1.807, 2.05) is 19.1 Å². The van der Waals surface area contributed by atoms with Crippen molar-refractivity contribution in [3.05, 3.63) is 54.1 Å². The van der Waals surface area contributed by atoms with Crippen molar-refractivity contribution in [2.45, 2.75) is 58.5 Å². The average molecular weight is 353 g/mol. The van der Waals surface area contributed by atoms with E-state index in [1.165, 1.54) is 48.8 Å². The largest absolute Gasteiger partial charge is 0.494 e. The maximum atomic E-state index is 6.18. The Morgan fingerprint density at radius 3 is 2.15 bits per heavy atom. The first-order valence-corrected chi connectivity index (χ1v) is 10.2. The highest BCUT2D eigenvalue weighted by Crippen LogP contribution is 2.33. The Hall–Kier alpha value is -1.80. The van der Waals surface area contributed by atoms with E-state index in [4.69, 9.17) is 9.47 Å². The SMILES string of the molecule is CCCCCC1CCC(c2ccc(-c3ccc(OCC)cc3)cc2)OC1. The summed E-state index contributed by atoms with van der Waals surface area (Å²) in [4.78, 5) is 0. The number of benzene rings is 2. The molecule has 2 heteroatoms. The lowest BCUT2D eigenvalue weighted by Gasteiger charge is -2.29. The lowest BCUT2D eigenvalue weighted by molar-refractivity contribution is -0.0198. The lowest BCUT2D eigenvalue weighted by Crippen LogP contribution is -2.20. The van der Waals surface area contributed by atoms with Crippen LogP contribution in [0.15, 0.2) is 48.5 Å².